The number of alkyl halides is 2. The van der Waals surface area contributed by atoms with E-state index in [4.69, 9.17) is 5.73 Å². The van der Waals surface area contributed by atoms with Crippen molar-refractivity contribution in [1.29, 1.82) is 0 Å². The van der Waals surface area contributed by atoms with Gasteiger partial charge in [0.05, 0.1) is 6.04 Å². The molecule has 1 amide bonds. The molecule has 0 aromatic heterocycles. The Balaban J connectivity index is 2.60. The van der Waals surface area contributed by atoms with Crippen molar-refractivity contribution in [1.82, 2.24) is 4.90 Å². The second-order valence-corrected chi connectivity index (χ2v) is 4.37. The van der Waals surface area contributed by atoms with Crippen LogP contribution >= 0.6 is 0 Å². The van der Waals surface area contributed by atoms with Gasteiger partial charge in [0.2, 0.25) is 11.8 Å². The first-order chi connectivity index (χ1) is 6.82. The third-order valence-electron chi connectivity index (χ3n) is 2.84. The SMILES string of the molecule is C[C@H](N)C(=O)N1CCC[C@H](C(C)(F)F)C1. The Morgan fingerprint density at radius 3 is 2.67 bits per heavy atom. The largest absolute Gasteiger partial charge is 0.341 e. The van der Waals surface area contributed by atoms with E-state index < -0.39 is 17.9 Å². The van der Waals surface area contributed by atoms with Gasteiger partial charge in [-0.1, -0.05) is 0 Å². The molecule has 1 fully saturated rings. The summed E-state index contributed by atoms with van der Waals surface area (Å²) in [6, 6.07) is -0.603. The molecule has 2 N–H and O–H groups in total. The van der Waals surface area contributed by atoms with Crippen molar-refractivity contribution in [3.8, 4) is 0 Å². The number of hydrogen-bond acceptors (Lipinski definition) is 2. The molecule has 88 valence electrons. The van der Waals surface area contributed by atoms with Gasteiger partial charge in [0.1, 0.15) is 0 Å². The zero-order chi connectivity index (χ0) is 11.6. The maximum atomic E-state index is 13.1. The maximum Gasteiger partial charge on any atom is 0.249 e. The molecule has 1 aliphatic heterocycles. The number of nitrogens with zero attached hydrogens (tertiary/aromatic N) is 1. The summed E-state index contributed by atoms with van der Waals surface area (Å²) in [5.41, 5.74) is 5.44. The van der Waals surface area contributed by atoms with Gasteiger partial charge in [-0.25, -0.2) is 8.78 Å². The molecule has 0 aliphatic carbocycles. The molecule has 0 bridgehead atoms. The van der Waals surface area contributed by atoms with E-state index in [1.807, 2.05) is 0 Å². The molecule has 1 heterocycles. The number of likely N-dealkylation sites (tertiary alicyclic amines) is 1. The Morgan fingerprint density at radius 1 is 1.60 bits per heavy atom. The third-order valence-corrected chi connectivity index (χ3v) is 2.84. The molecule has 0 spiro atoms. The topological polar surface area (TPSA) is 46.3 Å². The highest BCUT2D eigenvalue weighted by molar-refractivity contribution is 5.81. The van der Waals surface area contributed by atoms with E-state index in [0.717, 1.165) is 6.92 Å². The lowest BCUT2D eigenvalue weighted by Gasteiger charge is -2.36. The fourth-order valence-electron chi connectivity index (χ4n) is 1.88. The highest BCUT2D eigenvalue weighted by Gasteiger charge is 2.38. The first-order valence-corrected chi connectivity index (χ1v) is 5.24. The molecule has 0 unspecified atom stereocenters. The van der Waals surface area contributed by atoms with Crippen molar-refractivity contribution in [3.05, 3.63) is 0 Å². The standard InChI is InChI=1S/C10H18F2N2O/c1-7(13)9(15)14-5-3-4-8(6-14)10(2,11)12/h7-8H,3-6,13H2,1-2H3/t7-,8-/m0/s1. The van der Waals surface area contributed by atoms with Gasteiger partial charge >= 0.3 is 0 Å². The van der Waals surface area contributed by atoms with Gasteiger partial charge < -0.3 is 10.6 Å². The van der Waals surface area contributed by atoms with Gasteiger partial charge in [-0.15, -0.1) is 0 Å². The molecule has 1 saturated heterocycles. The zero-order valence-corrected chi connectivity index (χ0v) is 9.17. The van der Waals surface area contributed by atoms with Crippen LogP contribution in [0.5, 0.6) is 0 Å². The molecule has 0 aromatic rings. The number of hydrogen-bond donors (Lipinski definition) is 1. The van der Waals surface area contributed by atoms with Gasteiger partial charge in [-0.2, -0.15) is 0 Å². The number of rotatable bonds is 2. The number of halogens is 2. The zero-order valence-electron chi connectivity index (χ0n) is 9.17. The Kier molecular flexibility index (Phi) is 3.65. The maximum absolute atomic E-state index is 13.1. The van der Waals surface area contributed by atoms with Gasteiger partial charge in [0.15, 0.2) is 0 Å². The molecule has 5 heteroatoms. The Labute approximate surface area is 88.6 Å². The van der Waals surface area contributed by atoms with Crippen LogP contribution in [0.3, 0.4) is 0 Å². The number of carbonyl (C=O) groups excluding carboxylic acids is 1. The van der Waals surface area contributed by atoms with Gasteiger partial charge in [0, 0.05) is 19.0 Å². The minimum absolute atomic E-state index is 0.129. The van der Waals surface area contributed by atoms with Crippen molar-refractivity contribution < 1.29 is 13.6 Å². The highest BCUT2D eigenvalue weighted by Crippen LogP contribution is 2.31. The molecular formula is C10H18F2N2O. The van der Waals surface area contributed by atoms with Crippen LogP contribution in [-0.4, -0.2) is 35.9 Å². The van der Waals surface area contributed by atoms with Gasteiger partial charge in [-0.3, -0.25) is 4.79 Å². The molecule has 0 saturated carbocycles. The molecule has 0 radical (unpaired) electrons. The molecule has 15 heavy (non-hydrogen) atoms. The van der Waals surface area contributed by atoms with E-state index in [1.54, 1.807) is 6.92 Å². The number of amides is 1. The smallest absolute Gasteiger partial charge is 0.249 e. The molecule has 3 nitrogen and oxygen atoms in total. The monoisotopic (exact) mass is 220 g/mol. The summed E-state index contributed by atoms with van der Waals surface area (Å²) in [6.07, 6.45) is 1.11. The fraction of sp³-hybridized carbons (Fsp3) is 0.900. The van der Waals surface area contributed by atoms with Crippen molar-refractivity contribution in [3.63, 3.8) is 0 Å². The van der Waals surface area contributed by atoms with Crippen LogP contribution in [0.4, 0.5) is 8.78 Å². The van der Waals surface area contributed by atoms with Crippen LogP contribution in [0.25, 0.3) is 0 Å². The fourth-order valence-corrected chi connectivity index (χ4v) is 1.88. The molecular weight excluding hydrogens is 202 g/mol. The Morgan fingerprint density at radius 2 is 2.20 bits per heavy atom. The van der Waals surface area contributed by atoms with E-state index in [2.05, 4.69) is 0 Å². The third kappa shape index (κ3) is 3.12. The first-order valence-electron chi connectivity index (χ1n) is 5.24. The lowest BCUT2D eigenvalue weighted by Crippen LogP contribution is -2.49. The Hall–Kier alpha value is -0.710. The van der Waals surface area contributed by atoms with Crippen molar-refractivity contribution in [2.24, 2.45) is 11.7 Å². The summed E-state index contributed by atoms with van der Waals surface area (Å²) in [7, 11) is 0. The number of piperidine rings is 1. The summed E-state index contributed by atoms with van der Waals surface area (Å²) < 4.78 is 26.2. The van der Waals surface area contributed by atoms with Crippen LogP contribution in [0.1, 0.15) is 26.7 Å². The quantitative estimate of drug-likeness (QED) is 0.760. The highest BCUT2D eigenvalue weighted by atomic mass is 19.3. The minimum Gasteiger partial charge on any atom is -0.341 e. The van der Waals surface area contributed by atoms with Gasteiger partial charge in [0.25, 0.3) is 0 Å². The van der Waals surface area contributed by atoms with Crippen molar-refractivity contribution >= 4 is 5.91 Å². The van der Waals surface area contributed by atoms with Crippen LogP contribution in [0.15, 0.2) is 0 Å². The second kappa shape index (κ2) is 4.43. The average molecular weight is 220 g/mol. The predicted octanol–water partition coefficient (Wildman–Crippen LogP) is 1.23. The lowest BCUT2D eigenvalue weighted by atomic mass is 9.92. The van der Waals surface area contributed by atoms with E-state index in [1.165, 1.54) is 4.90 Å². The number of nitrogens with two attached hydrogens (primary N) is 1. The van der Waals surface area contributed by atoms with Crippen LogP contribution < -0.4 is 5.73 Å². The summed E-state index contributed by atoms with van der Waals surface area (Å²) >= 11 is 0. The van der Waals surface area contributed by atoms with E-state index in [9.17, 15) is 13.6 Å². The summed E-state index contributed by atoms with van der Waals surface area (Å²) in [6.45, 7) is 3.17. The van der Waals surface area contributed by atoms with E-state index >= 15 is 0 Å². The predicted molar refractivity (Wildman–Crippen MR) is 53.6 cm³/mol. The first kappa shape index (κ1) is 12.4. The van der Waals surface area contributed by atoms with Crippen LogP contribution in [-0.2, 0) is 4.79 Å². The summed E-state index contributed by atoms with van der Waals surface area (Å²) in [5, 5.41) is 0. The van der Waals surface area contributed by atoms with Crippen LogP contribution in [0, 0.1) is 5.92 Å². The Bertz CT molecular complexity index is 238. The molecule has 1 rings (SSSR count). The molecule has 0 aromatic carbocycles. The van der Waals surface area contributed by atoms with Crippen molar-refractivity contribution in [2.75, 3.05) is 13.1 Å². The average Bonchev–Trinajstić information content (AvgIpc) is 2.15. The van der Waals surface area contributed by atoms with Crippen molar-refractivity contribution in [2.45, 2.75) is 38.7 Å². The summed E-state index contributed by atoms with van der Waals surface area (Å²) in [5.74, 6) is -3.67. The number of carbonyl (C=O) groups is 1. The second-order valence-electron chi connectivity index (χ2n) is 4.37. The van der Waals surface area contributed by atoms with E-state index in [-0.39, 0.29) is 12.5 Å². The van der Waals surface area contributed by atoms with Crippen LogP contribution in [0.2, 0.25) is 0 Å². The molecule has 2 atom stereocenters. The van der Waals surface area contributed by atoms with Gasteiger partial charge in [-0.05, 0) is 26.7 Å². The summed E-state index contributed by atoms with van der Waals surface area (Å²) in [4.78, 5) is 13.0. The normalized spacial score (nSPS) is 25.1. The van der Waals surface area contributed by atoms with E-state index in [0.29, 0.717) is 19.4 Å². The lowest BCUT2D eigenvalue weighted by molar-refractivity contribution is -0.138. The minimum atomic E-state index is -2.71. The molecule has 1 aliphatic rings.